The van der Waals surface area contributed by atoms with E-state index in [1.165, 1.54) is 12.1 Å². The maximum Gasteiger partial charge on any atom is 0.326 e. The van der Waals surface area contributed by atoms with Crippen LogP contribution in [0.5, 0.6) is 5.75 Å². The number of hydrogen-bond donors (Lipinski definition) is 3. The van der Waals surface area contributed by atoms with Crippen LogP contribution >= 0.6 is 0 Å². The van der Waals surface area contributed by atoms with Gasteiger partial charge < -0.3 is 15.2 Å². The van der Waals surface area contributed by atoms with E-state index < -0.39 is 27.9 Å². The molecule has 0 aliphatic heterocycles. The zero-order valence-electron chi connectivity index (χ0n) is 15.2. The monoisotopic (exact) mass is 386 g/mol. The third kappa shape index (κ3) is 6.64. The summed E-state index contributed by atoms with van der Waals surface area (Å²) < 4.78 is 32.0. The molecule has 146 valence electrons. The minimum Gasteiger partial charge on any atom is -0.494 e. The molecule has 0 aliphatic carbocycles. The molecule has 2 unspecified atom stereocenters. The third-order valence-corrected chi connectivity index (χ3v) is 5.36. The fourth-order valence-electron chi connectivity index (χ4n) is 2.19. The van der Waals surface area contributed by atoms with E-state index in [0.717, 1.165) is 0 Å². The summed E-state index contributed by atoms with van der Waals surface area (Å²) >= 11 is 0. The Labute approximate surface area is 154 Å². The second-order valence-electron chi connectivity index (χ2n) is 5.82. The van der Waals surface area contributed by atoms with Crippen molar-refractivity contribution in [3.05, 3.63) is 24.3 Å². The standard InChI is InChI=1S/C17H26N2O6S/c1-4-12(3)16(17(21)22)19-15(20)10-11-18-26(23,24)14-8-6-13(7-9-14)25-5-2/h6-9,12,16,18H,4-5,10-11H2,1-3H3,(H,19,20)(H,21,22). The summed E-state index contributed by atoms with van der Waals surface area (Å²) in [6, 6.07) is 4.94. The van der Waals surface area contributed by atoms with Gasteiger partial charge in [0.05, 0.1) is 11.5 Å². The largest absolute Gasteiger partial charge is 0.494 e. The quantitative estimate of drug-likeness (QED) is 0.528. The molecule has 0 aromatic heterocycles. The highest BCUT2D eigenvalue weighted by Gasteiger charge is 2.25. The number of aliphatic carboxylic acids is 1. The van der Waals surface area contributed by atoms with Crippen LogP contribution in [0.3, 0.4) is 0 Å². The van der Waals surface area contributed by atoms with Crippen molar-refractivity contribution >= 4 is 21.9 Å². The second-order valence-corrected chi connectivity index (χ2v) is 7.59. The van der Waals surface area contributed by atoms with Crippen LogP contribution in [0.15, 0.2) is 29.2 Å². The first-order valence-corrected chi connectivity index (χ1v) is 9.94. The van der Waals surface area contributed by atoms with Crippen LogP contribution < -0.4 is 14.8 Å². The molecule has 9 heteroatoms. The van der Waals surface area contributed by atoms with E-state index in [1.807, 2.05) is 13.8 Å². The molecule has 0 fully saturated rings. The summed E-state index contributed by atoms with van der Waals surface area (Å²) in [5, 5.41) is 11.6. The van der Waals surface area contributed by atoms with Crippen molar-refractivity contribution in [1.29, 1.82) is 0 Å². The Balaban J connectivity index is 2.57. The smallest absolute Gasteiger partial charge is 0.326 e. The zero-order chi connectivity index (χ0) is 19.7. The maximum absolute atomic E-state index is 12.2. The lowest BCUT2D eigenvalue weighted by Gasteiger charge is -2.20. The molecule has 1 aromatic carbocycles. The van der Waals surface area contributed by atoms with Crippen LogP contribution in [0, 0.1) is 5.92 Å². The summed E-state index contributed by atoms with van der Waals surface area (Å²) in [6.07, 6.45) is 0.443. The van der Waals surface area contributed by atoms with Crippen molar-refractivity contribution in [2.24, 2.45) is 5.92 Å². The van der Waals surface area contributed by atoms with Crippen molar-refractivity contribution < 1.29 is 27.9 Å². The van der Waals surface area contributed by atoms with E-state index >= 15 is 0 Å². The van der Waals surface area contributed by atoms with Gasteiger partial charge in [-0.05, 0) is 37.1 Å². The Bertz CT molecular complexity index is 702. The number of carbonyl (C=O) groups is 2. The molecule has 0 saturated heterocycles. The number of carboxylic acid groups (broad SMARTS) is 1. The lowest BCUT2D eigenvalue weighted by molar-refractivity contribution is -0.143. The van der Waals surface area contributed by atoms with Gasteiger partial charge in [0.15, 0.2) is 0 Å². The number of carbonyl (C=O) groups excluding carboxylic acids is 1. The van der Waals surface area contributed by atoms with E-state index in [1.54, 1.807) is 19.1 Å². The summed E-state index contributed by atoms with van der Waals surface area (Å²) in [4.78, 5) is 23.1. The van der Waals surface area contributed by atoms with E-state index in [-0.39, 0.29) is 23.8 Å². The first kappa shape index (κ1) is 21.9. The molecule has 1 amide bonds. The SMILES string of the molecule is CCOc1ccc(S(=O)(=O)NCCC(=O)NC(C(=O)O)C(C)CC)cc1. The number of nitrogens with one attached hydrogen (secondary N) is 2. The van der Waals surface area contributed by atoms with E-state index in [2.05, 4.69) is 10.0 Å². The minimum atomic E-state index is -3.76. The molecule has 0 aliphatic rings. The number of amides is 1. The Morgan fingerprint density at radius 1 is 1.19 bits per heavy atom. The van der Waals surface area contributed by atoms with Gasteiger partial charge in [0.1, 0.15) is 11.8 Å². The fourth-order valence-corrected chi connectivity index (χ4v) is 3.22. The molecule has 8 nitrogen and oxygen atoms in total. The van der Waals surface area contributed by atoms with Crippen LogP contribution in [-0.2, 0) is 19.6 Å². The Hall–Kier alpha value is -2.13. The molecule has 0 bridgehead atoms. The molecule has 2 atom stereocenters. The number of carboxylic acids is 1. The molecule has 0 radical (unpaired) electrons. The minimum absolute atomic E-state index is 0.0596. The van der Waals surface area contributed by atoms with Crippen LogP contribution in [0.2, 0.25) is 0 Å². The lowest BCUT2D eigenvalue weighted by Crippen LogP contribution is -2.45. The van der Waals surface area contributed by atoms with E-state index in [0.29, 0.717) is 18.8 Å². The summed E-state index contributed by atoms with van der Waals surface area (Å²) in [5.74, 6) is -1.29. The zero-order valence-corrected chi connectivity index (χ0v) is 16.0. The van der Waals surface area contributed by atoms with Gasteiger partial charge >= 0.3 is 5.97 Å². The predicted molar refractivity (Wildman–Crippen MR) is 96.4 cm³/mol. The van der Waals surface area contributed by atoms with Gasteiger partial charge in [-0.15, -0.1) is 0 Å². The summed E-state index contributed by atoms with van der Waals surface area (Å²) in [7, 11) is -3.76. The molecule has 1 rings (SSSR count). The predicted octanol–water partition coefficient (Wildman–Crippen LogP) is 1.37. The van der Waals surface area contributed by atoms with Crippen molar-refractivity contribution in [1.82, 2.24) is 10.0 Å². The van der Waals surface area contributed by atoms with Crippen LogP contribution in [0.1, 0.15) is 33.6 Å². The average molecular weight is 386 g/mol. The van der Waals surface area contributed by atoms with Gasteiger partial charge in [-0.1, -0.05) is 20.3 Å². The number of hydrogen-bond acceptors (Lipinski definition) is 5. The van der Waals surface area contributed by atoms with Gasteiger partial charge in [0.2, 0.25) is 15.9 Å². The lowest BCUT2D eigenvalue weighted by atomic mass is 9.99. The Morgan fingerprint density at radius 2 is 1.81 bits per heavy atom. The van der Waals surface area contributed by atoms with Crippen LogP contribution in [0.4, 0.5) is 0 Å². The molecule has 1 aromatic rings. The van der Waals surface area contributed by atoms with Crippen molar-refractivity contribution in [2.75, 3.05) is 13.2 Å². The molecule has 0 heterocycles. The highest BCUT2D eigenvalue weighted by Crippen LogP contribution is 2.15. The molecule has 26 heavy (non-hydrogen) atoms. The molecule has 0 saturated carbocycles. The van der Waals surface area contributed by atoms with Crippen molar-refractivity contribution in [3.8, 4) is 5.75 Å². The number of sulfonamides is 1. The molecule has 0 spiro atoms. The molecular weight excluding hydrogens is 360 g/mol. The second kappa shape index (κ2) is 10.1. The highest BCUT2D eigenvalue weighted by molar-refractivity contribution is 7.89. The Morgan fingerprint density at radius 3 is 2.31 bits per heavy atom. The summed E-state index contributed by atoms with van der Waals surface area (Å²) in [6.45, 7) is 5.74. The van der Waals surface area contributed by atoms with E-state index in [4.69, 9.17) is 9.84 Å². The number of ether oxygens (including phenoxy) is 1. The number of rotatable bonds is 11. The van der Waals surface area contributed by atoms with Gasteiger partial charge in [-0.3, -0.25) is 4.79 Å². The maximum atomic E-state index is 12.2. The van der Waals surface area contributed by atoms with Gasteiger partial charge in [0, 0.05) is 13.0 Å². The molecule has 3 N–H and O–H groups in total. The average Bonchev–Trinajstić information content (AvgIpc) is 2.59. The fraction of sp³-hybridized carbons (Fsp3) is 0.529. The Kier molecular flexibility index (Phi) is 8.53. The van der Waals surface area contributed by atoms with Crippen LogP contribution in [0.25, 0.3) is 0 Å². The summed E-state index contributed by atoms with van der Waals surface area (Å²) in [5.41, 5.74) is 0. The first-order valence-electron chi connectivity index (χ1n) is 8.46. The normalized spacial score (nSPS) is 13.7. The topological polar surface area (TPSA) is 122 Å². The van der Waals surface area contributed by atoms with Crippen LogP contribution in [-0.4, -0.2) is 44.6 Å². The van der Waals surface area contributed by atoms with E-state index in [9.17, 15) is 18.0 Å². The first-order chi connectivity index (χ1) is 12.2. The van der Waals surface area contributed by atoms with Crippen molar-refractivity contribution in [3.63, 3.8) is 0 Å². The van der Waals surface area contributed by atoms with Gasteiger partial charge in [-0.25, -0.2) is 17.9 Å². The highest BCUT2D eigenvalue weighted by atomic mass is 32.2. The third-order valence-electron chi connectivity index (χ3n) is 3.88. The number of benzene rings is 1. The van der Waals surface area contributed by atoms with Crippen molar-refractivity contribution in [2.45, 2.75) is 44.6 Å². The molecular formula is C17H26N2O6S. The van der Waals surface area contributed by atoms with Gasteiger partial charge in [0.25, 0.3) is 0 Å². The van der Waals surface area contributed by atoms with Gasteiger partial charge in [-0.2, -0.15) is 0 Å².